The van der Waals surface area contributed by atoms with E-state index in [1.54, 1.807) is 60.7 Å². The third-order valence-corrected chi connectivity index (χ3v) is 3.98. The first-order valence-electron chi connectivity index (χ1n) is 7.60. The Balaban J connectivity index is 1.94. The molecule has 1 amide bonds. The van der Waals surface area contributed by atoms with Crippen LogP contribution in [0.25, 0.3) is 0 Å². The van der Waals surface area contributed by atoms with E-state index < -0.39 is 24.2 Å². The molecule has 1 heterocycles. The van der Waals surface area contributed by atoms with Crippen LogP contribution >= 0.6 is 0 Å². The number of rotatable bonds is 3. The molecule has 0 saturated carbocycles. The Kier molecular flexibility index (Phi) is 4.34. The summed E-state index contributed by atoms with van der Waals surface area (Å²) in [5.74, 6) is -0.919. The minimum atomic E-state index is -5.03. The minimum absolute atomic E-state index is 0.0156. The van der Waals surface area contributed by atoms with Gasteiger partial charge in [-0.05, 0) is 11.1 Å². The Morgan fingerprint density at radius 1 is 1.08 bits per heavy atom. The molecule has 7 heteroatoms. The van der Waals surface area contributed by atoms with E-state index in [0.717, 1.165) is 0 Å². The summed E-state index contributed by atoms with van der Waals surface area (Å²) in [6, 6.07) is 16.5. The van der Waals surface area contributed by atoms with Crippen LogP contribution in [0.15, 0.2) is 65.8 Å². The van der Waals surface area contributed by atoms with Gasteiger partial charge in [0.05, 0.1) is 18.6 Å². The third kappa shape index (κ3) is 3.28. The van der Waals surface area contributed by atoms with Crippen molar-refractivity contribution in [3.63, 3.8) is 0 Å². The van der Waals surface area contributed by atoms with Crippen molar-refractivity contribution in [1.82, 2.24) is 5.01 Å². The smallest absolute Gasteiger partial charge is 0.362 e. The van der Waals surface area contributed by atoms with Crippen molar-refractivity contribution in [3.05, 3.63) is 71.8 Å². The first-order valence-corrected chi connectivity index (χ1v) is 7.60. The predicted molar refractivity (Wildman–Crippen MR) is 85.6 cm³/mol. The van der Waals surface area contributed by atoms with Crippen LogP contribution in [0.1, 0.15) is 17.5 Å². The highest BCUT2D eigenvalue weighted by Gasteiger charge is 2.63. The second-order valence-electron chi connectivity index (χ2n) is 5.77. The van der Waals surface area contributed by atoms with Gasteiger partial charge in [0, 0.05) is 0 Å². The fraction of sp³-hybridized carbons (Fsp3) is 0.222. The fourth-order valence-corrected chi connectivity index (χ4v) is 2.67. The Morgan fingerprint density at radius 3 is 2.20 bits per heavy atom. The predicted octanol–water partition coefficient (Wildman–Crippen LogP) is 3.12. The van der Waals surface area contributed by atoms with Gasteiger partial charge in [-0.2, -0.15) is 23.3 Å². The molecule has 0 fully saturated rings. The van der Waals surface area contributed by atoms with Gasteiger partial charge in [0.15, 0.2) is 0 Å². The van der Waals surface area contributed by atoms with Gasteiger partial charge in [0.25, 0.3) is 5.72 Å². The van der Waals surface area contributed by atoms with Crippen molar-refractivity contribution < 1.29 is 23.1 Å². The van der Waals surface area contributed by atoms with Gasteiger partial charge < -0.3 is 5.11 Å². The van der Waals surface area contributed by atoms with E-state index >= 15 is 0 Å². The van der Waals surface area contributed by atoms with Crippen LogP contribution in [0.5, 0.6) is 0 Å². The summed E-state index contributed by atoms with van der Waals surface area (Å²) in [7, 11) is 0. The molecular weight excluding hydrogens is 333 g/mol. The molecule has 0 radical (unpaired) electrons. The molecule has 0 unspecified atom stereocenters. The van der Waals surface area contributed by atoms with Gasteiger partial charge in [0.1, 0.15) is 0 Å². The van der Waals surface area contributed by atoms with Crippen LogP contribution in [0, 0.1) is 0 Å². The molecule has 25 heavy (non-hydrogen) atoms. The quantitative estimate of drug-likeness (QED) is 0.927. The number of halogens is 3. The van der Waals surface area contributed by atoms with Gasteiger partial charge in [-0.25, -0.2) is 0 Å². The molecule has 130 valence electrons. The number of aliphatic hydroxyl groups is 1. The van der Waals surface area contributed by atoms with Crippen molar-refractivity contribution in [2.75, 3.05) is 0 Å². The molecule has 1 aliphatic heterocycles. The van der Waals surface area contributed by atoms with Gasteiger partial charge in [-0.3, -0.25) is 4.79 Å². The van der Waals surface area contributed by atoms with E-state index in [2.05, 4.69) is 5.10 Å². The van der Waals surface area contributed by atoms with Gasteiger partial charge in [-0.15, -0.1) is 0 Å². The maximum absolute atomic E-state index is 13.5. The molecule has 4 nitrogen and oxygen atoms in total. The fourth-order valence-electron chi connectivity index (χ4n) is 2.67. The van der Waals surface area contributed by atoms with Crippen LogP contribution in [0.2, 0.25) is 0 Å². The maximum Gasteiger partial charge on any atom is 0.438 e. The maximum atomic E-state index is 13.5. The third-order valence-electron chi connectivity index (χ3n) is 3.98. The average molecular weight is 348 g/mol. The summed E-state index contributed by atoms with van der Waals surface area (Å²) in [6.07, 6.45) is -6.12. The van der Waals surface area contributed by atoms with Crippen LogP contribution < -0.4 is 0 Å². The summed E-state index contributed by atoms with van der Waals surface area (Å²) in [5, 5.41) is 14.2. The lowest BCUT2D eigenvalue weighted by molar-refractivity contribution is -0.302. The standard InChI is InChI=1S/C18H15F3N2O2/c19-18(20,21)17(25)12-15(14-9-5-2-6-10-14)22-23(17)16(24)11-13-7-3-1-4-8-13/h1-10,25H,11-12H2/t17-/m0/s1. The molecule has 1 atom stereocenters. The van der Waals surface area contributed by atoms with E-state index in [-0.39, 0.29) is 17.1 Å². The molecule has 1 N–H and O–H groups in total. The molecule has 0 saturated heterocycles. The second-order valence-corrected chi connectivity index (χ2v) is 5.77. The Labute approximate surface area is 142 Å². The van der Waals surface area contributed by atoms with E-state index in [1.807, 2.05) is 0 Å². The summed E-state index contributed by atoms with van der Waals surface area (Å²) in [6.45, 7) is 0. The Morgan fingerprint density at radius 2 is 1.64 bits per heavy atom. The highest BCUT2D eigenvalue weighted by molar-refractivity contribution is 6.03. The van der Waals surface area contributed by atoms with Crippen molar-refractivity contribution in [1.29, 1.82) is 0 Å². The molecule has 3 rings (SSSR count). The lowest BCUT2D eigenvalue weighted by atomic mass is 10.0. The lowest BCUT2D eigenvalue weighted by Gasteiger charge is -2.32. The molecule has 2 aromatic rings. The number of amides is 1. The van der Waals surface area contributed by atoms with E-state index in [4.69, 9.17) is 0 Å². The number of benzene rings is 2. The van der Waals surface area contributed by atoms with Gasteiger partial charge in [0.2, 0.25) is 5.91 Å². The molecular formula is C18H15F3N2O2. The van der Waals surface area contributed by atoms with Gasteiger partial charge in [-0.1, -0.05) is 60.7 Å². The van der Waals surface area contributed by atoms with Crippen LogP contribution in [0.4, 0.5) is 13.2 Å². The highest BCUT2D eigenvalue weighted by Crippen LogP contribution is 2.41. The number of carbonyl (C=O) groups is 1. The number of alkyl halides is 3. The zero-order valence-electron chi connectivity index (χ0n) is 13.1. The van der Waals surface area contributed by atoms with Crippen LogP contribution in [-0.2, 0) is 11.2 Å². The zero-order valence-corrected chi connectivity index (χ0v) is 13.1. The Bertz CT molecular complexity index is 791. The summed E-state index contributed by atoms with van der Waals surface area (Å²) < 4.78 is 40.4. The summed E-state index contributed by atoms with van der Waals surface area (Å²) in [4.78, 5) is 12.4. The molecule has 2 aromatic carbocycles. The molecule has 0 aromatic heterocycles. The normalized spacial score (nSPS) is 20.5. The van der Waals surface area contributed by atoms with E-state index in [1.165, 1.54) is 0 Å². The second kappa shape index (κ2) is 6.33. The Hall–Kier alpha value is -2.67. The van der Waals surface area contributed by atoms with Crippen molar-refractivity contribution in [2.24, 2.45) is 5.10 Å². The molecule has 0 spiro atoms. The first-order chi connectivity index (χ1) is 11.8. The van der Waals surface area contributed by atoms with Gasteiger partial charge >= 0.3 is 6.18 Å². The zero-order chi connectivity index (χ0) is 18.1. The van der Waals surface area contributed by atoms with E-state index in [0.29, 0.717) is 11.1 Å². The molecule has 0 aliphatic carbocycles. The van der Waals surface area contributed by atoms with E-state index in [9.17, 15) is 23.1 Å². The van der Waals surface area contributed by atoms with Crippen molar-refractivity contribution in [3.8, 4) is 0 Å². The van der Waals surface area contributed by atoms with Crippen molar-refractivity contribution in [2.45, 2.75) is 24.7 Å². The minimum Gasteiger partial charge on any atom is -0.362 e. The highest BCUT2D eigenvalue weighted by atomic mass is 19.4. The largest absolute Gasteiger partial charge is 0.438 e. The average Bonchev–Trinajstić information content (AvgIpc) is 2.96. The molecule has 0 bridgehead atoms. The van der Waals surface area contributed by atoms with Crippen LogP contribution in [0.3, 0.4) is 0 Å². The van der Waals surface area contributed by atoms with Crippen LogP contribution in [-0.4, -0.2) is 33.6 Å². The topological polar surface area (TPSA) is 52.9 Å². The number of hydrogen-bond acceptors (Lipinski definition) is 3. The number of nitrogens with zero attached hydrogens (tertiary/aromatic N) is 2. The number of hydrazone groups is 1. The summed E-state index contributed by atoms with van der Waals surface area (Å²) in [5.41, 5.74) is -2.35. The van der Waals surface area contributed by atoms with Crippen molar-refractivity contribution >= 4 is 11.6 Å². The monoisotopic (exact) mass is 348 g/mol. The SMILES string of the molecule is O=C(Cc1ccccc1)N1N=C(c2ccccc2)C[C@]1(O)C(F)(F)F. The number of hydrogen-bond donors (Lipinski definition) is 1. The molecule has 1 aliphatic rings. The first kappa shape index (κ1) is 17.2. The number of carbonyl (C=O) groups excluding carboxylic acids is 1. The lowest BCUT2D eigenvalue weighted by Crippen LogP contribution is -2.57. The summed E-state index contributed by atoms with van der Waals surface area (Å²) >= 11 is 0.